The fraction of sp³-hybridized carbons (Fsp3) is 0.182. The van der Waals surface area contributed by atoms with Crippen molar-refractivity contribution in [3.8, 4) is 5.75 Å². The summed E-state index contributed by atoms with van der Waals surface area (Å²) in [6.45, 7) is 3.24. The summed E-state index contributed by atoms with van der Waals surface area (Å²) >= 11 is 6.01. The van der Waals surface area contributed by atoms with E-state index in [0.29, 0.717) is 11.6 Å². The number of ether oxygens (including phenoxy) is 1. The minimum Gasteiger partial charge on any atom is -0.489 e. The third-order valence-corrected chi connectivity index (χ3v) is 4.60. The van der Waals surface area contributed by atoms with Crippen LogP contribution < -0.4 is 10.1 Å². The van der Waals surface area contributed by atoms with Crippen molar-refractivity contribution in [3.63, 3.8) is 0 Å². The number of hydrogen-bond donors (Lipinski definition) is 1. The lowest BCUT2D eigenvalue weighted by Gasteiger charge is -2.14. The Morgan fingerprint density at radius 2 is 1.73 bits per heavy atom. The Bertz CT molecular complexity index is 837. The van der Waals surface area contributed by atoms with Crippen LogP contribution in [0.25, 0.3) is 0 Å². The van der Waals surface area contributed by atoms with E-state index >= 15 is 0 Å². The summed E-state index contributed by atoms with van der Waals surface area (Å²) in [4.78, 5) is 0. The molecule has 0 saturated heterocycles. The lowest BCUT2D eigenvalue weighted by Crippen LogP contribution is -2.17. The second-order valence-corrected chi connectivity index (χ2v) is 6.59. The maximum Gasteiger partial charge on any atom is 0.124 e. The van der Waals surface area contributed by atoms with E-state index in [2.05, 4.69) is 24.4 Å². The Kier molecular flexibility index (Phi) is 6.26. The first-order valence-corrected chi connectivity index (χ1v) is 8.93. The Morgan fingerprint density at radius 3 is 2.42 bits per heavy atom. The van der Waals surface area contributed by atoms with Crippen molar-refractivity contribution in [1.82, 2.24) is 5.32 Å². The predicted molar refractivity (Wildman–Crippen MR) is 104 cm³/mol. The van der Waals surface area contributed by atoms with Gasteiger partial charge in [0.15, 0.2) is 0 Å². The summed E-state index contributed by atoms with van der Waals surface area (Å²) in [5, 5.41) is 3.89. The maximum atomic E-state index is 13.1. The zero-order valence-corrected chi connectivity index (χ0v) is 15.3. The summed E-state index contributed by atoms with van der Waals surface area (Å²) in [7, 11) is 0. The third-order valence-electron chi connectivity index (χ3n) is 4.24. The van der Waals surface area contributed by atoms with Crippen LogP contribution in [0.4, 0.5) is 4.39 Å². The first-order chi connectivity index (χ1) is 12.6. The van der Waals surface area contributed by atoms with Gasteiger partial charge in [-0.1, -0.05) is 60.1 Å². The molecule has 0 saturated carbocycles. The van der Waals surface area contributed by atoms with Crippen LogP contribution in [0.3, 0.4) is 0 Å². The topological polar surface area (TPSA) is 21.3 Å². The number of hydrogen-bond acceptors (Lipinski definition) is 2. The molecule has 0 fully saturated rings. The average molecular weight is 370 g/mol. The Morgan fingerprint density at radius 1 is 1.00 bits per heavy atom. The Hall–Kier alpha value is -2.36. The van der Waals surface area contributed by atoms with E-state index in [9.17, 15) is 4.39 Å². The Balaban J connectivity index is 1.52. The van der Waals surface area contributed by atoms with Crippen molar-refractivity contribution in [2.24, 2.45) is 0 Å². The molecule has 3 aromatic rings. The van der Waals surface area contributed by atoms with E-state index in [-0.39, 0.29) is 11.9 Å². The molecule has 0 unspecified atom stereocenters. The zero-order valence-electron chi connectivity index (χ0n) is 14.6. The maximum absolute atomic E-state index is 13.1. The summed E-state index contributed by atoms with van der Waals surface area (Å²) in [6.07, 6.45) is 0. The molecule has 26 heavy (non-hydrogen) atoms. The average Bonchev–Trinajstić information content (AvgIpc) is 2.67. The van der Waals surface area contributed by atoms with Gasteiger partial charge in [-0.15, -0.1) is 0 Å². The predicted octanol–water partition coefficient (Wildman–Crippen LogP) is 5.91. The molecule has 3 aromatic carbocycles. The first-order valence-electron chi connectivity index (χ1n) is 8.56. The van der Waals surface area contributed by atoms with Crippen molar-refractivity contribution in [2.45, 2.75) is 26.1 Å². The number of halogens is 2. The molecule has 1 N–H and O–H groups in total. The minimum atomic E-state index is -0.347. The third kappa shape index (κ3) is 5.07. The normalized spacial score (nSPS) is 12.0. The van der Waals surface area contributed by atoms with Gasteiger partial charge in [0.2, 0.25) is 0 Å². The van der Waals surface area contributed by atoms with Gasteiger partial charge in [-0.25, -0.2) is 4.39 Å². The van der Waals surface area contributed by atoms with E-state index < -0.39 is 0 Å². The van der Waals surface area contributed by atoms with E-state index in [1.54, 1.807) is 6.07 Å². The van der Waals surface area contributed by atoms with E-state index in [0.717, 1.165) is 17.9 Å². The molecule has 0 aliphatic carbocycles. The molecule has 0 aromatic heterocycles. The van der Waals surface area contributed by atoms with Crippen molar-refractivity contribution >= 4 is 11.6 Å². The quantitative estimate of drug-likeness (QED) is 0.559. The molecule has 0 aliphatic rings. The second kappa shape index (κ2) is 8.84. The highest BCUT2D eigenvalue weighted by Gasteiger charge is 2.05. The lowest BCUT2D eigenvalue weighted by atomic mass is 10.1. The van der Waals surface area contributed by atoms with Crippen molar-refractivity contribution in [2.75, 3.05) is 0 Å². The standard InChI is InChI=1S/C22H21ClFNO/c1-16(18-5-3-2-4-6-18)25-14-17-7-11-21(12-8-17)26-15-19-9-10-20(24)13-22(19)23/h2-13,16,25H,14-15H2,1H3/t16-/m0/s1. The minimum absolute atomic E-state index is 0.285. The number of benzene rings is 3. The summed E-state index contributed by atoms with van der Waals surface area (Å²) < 4.78 is 18.8. The van der Waals surface area contributed by atoms with Crippen LogP contribution in [0, 0.1) is 5.82 Å². The molecule has 0 amide bonds. The molecule has 1 atom stereocenters. The lowest BCUT2D eigenvalue weighted by molar-refractivity contribution is 0.306. The number of rotatable bonds is 7. The zero-order chi connectivity index (χ0) is 18.4. The van der Waals surface area contributed by atoms with E-state index in [1.165, 1.54) is 23.3 Å². The second-order valence-electron chi connectivity index (χ2n) is 6.18. The molecule has 134 valence electrons. The van der Waals surface area contributed by atoms with Crippen LogP contribution in [0.15, 0.2) is 72.8 Å². The van der Waals surface area contributed by atoms with Gasteiger partial charge in [-0.3, -0.25) is 0 Å². The molecule has 0 spiro atoms. The number of nitrogens with one attached hydrogen (secondary N) is 1. The van der Waals surface area contributed by atoms with Gasteiger partial charge in [0.25, 0.3) is 0 Å². The Labute approximate surface area is 158 Å². The van der Waals surface area contributed by atoms with Gasteiger partial charge >= 0.3 is 0 Å². The SMILES string of the molecule is C[C@H](NCc1ccc(OCc2ccc(F)cc2Cl)cc1)c1ccccc1. The van der Waals surface area contributed by atoms with Crippen LogP contribution in [0.2, 0.25) is 5.02 Å². The van der Waals surface area contributed by atoms with Gasteiger partial charge in [0, 0.05) is 18.2 Å². The fourth-order valence-electron chi connectivity index (χ4n) is 2.63. The van der Waals surface area contributed by atoms with E-state index in [1.807, 2.05) is 42.5 Å². The van der Waals surface area contributed by atoms with Crippen LogP contribution in [0.5, 0.6) is 5.75 Å². The molecule has 0 radical (unpaired) electrons. The summed E-state index contributed by atoms with van der Waals surface area (Å²) in [6, 6.07) is 22.9. The van der Waals surface area contributed by atoms with Gasteiger partial charge in [0.1, 0.15) is 18.2 Å². The molecular weight excluding hydrogens is 349 g/mol. The van der Waals surface area contributed by atoms with E-state index in [4.69, 9.17) is 16.3 Å². The smallest absolute Gasteiger partial charge is 0.124 e. The van der Waals surface area contributed by atoms with Crippen molar-refractivity contribution < 1.29 is 9.13 Å². The van der Waals surface area contributed by atoms with Gasteiger partial charge in [-0.05, 0) is 42.3 Å². The molecule has 3 rings (SSSR count). The summed E-state index contributed by atoms with van der Waals surface area (Å²) in [5.41, 5.74) is 3.21. The van der Waals surface area contributed by atoms with Gasteiger partial charge < -0.3 is 10.1 Å². The molecular formula is C22H21ClFNO. The molecule has 0 bridgehead atoms. The highest BCUT2D eigenvalue weighted by Crippen LogP contribution is 2.20. The van der Waals surface area contributed by atoms with Crippen LogP contribution in [-0.4, -0.2) is 0 Å². The highest BCUT2D eigenvalue weighted by atomic mass is 35.5. The van der Waals surface area contributed by atoms with Gasteiger partial charge in [-0.2, -0.15) is 0 Å². The first kappa shape index (κ1) is 18.4. The van der Waals surface area contributed by atoms with Gasteiger partial charge in [0.05, 0.1) is 5.02 Å². The molecule has 0 aliphatic heterocycles. The monoisotopic (exact) mass is 369 g/mol. The molecule has 4 heteroatoms. The molecule has 0 heterocycles. The largest absolute Gasteiger partial charge is 0.489 e. The highest BCUT2D eigenvalue weighted by molar-refractivity contribution is 6.31. The molecule has 2 nitrogen and oxygen atoms in total. The van der Waals surface area contributed by atoms with Crippen LogP contribution >= 0.6 is 11.6 Å². The van der Waals surface area contributed by atoms with Crippen LogP contribution in [0.1, 0.15) is 29.7 Å². The fourth-order valence-corrected chi connectivity index (χ4v) is 2.86. The van der Waals surface area contributed by atoms with Crippen LogP contribution in [-0.2, 0) is 13.2 Å². The van der Waals surface area contributed by atoms with Crippen molar-refractivity contribution in [1.29, 1.82) is 0 Å². The van der Waals surface area contributed by atoms with Crippen molar-refractivity contribution in [3.05, 3.63) is 100 Å². The summed E-state index contributed by atoms with van der Waals surface area (Å²) in [5.74, 6) is 0.408.